The van der Waals surface area contributed by atoms with Gasteiger partial charge in [-0.15, -0.1) is 0 Å². The molecule has 4 aliphatic rings. The van der Waals surface area contributed by atoms with Crippen molar-refractivity contribution in [2.75, 3.05) is 0 Å². The third-order valence-electron chi connectivity index (χ3n) is 12.0. The van der Waals surface area contributed by atoms with Gasteiger partial charge in [0, 0.05) is 24.2 Å². The van der Waals surface area contributed by atoms with Gasteiger partial charge in [-0.25, -0.2) is 36.8 Å². The van der Waals surface area contributed by atoms with Crippen LogP contribution in [0.1, 0.15) is 102 Å². The molecule has 2 unspecified atom stereocenters. The third-order valence-corrected chi connectivity index (χ3v) is 17.6. The van der Waals surface area contributed by atoms with E-state index in [4.69, 9.17) is 9.97 Å². The molecule has 4 aliphatic carbocycles. The normalized spacial score (nSPS) is 28.0. The quantitative estimate of drug-likeness (QED) is 0.209. The van der Waals surface area contributed by atoms with Crippen molar-refractivity contribution in [2.24, 2.45) is 11.8 Å². The fourth-order valence-electron chi connectivity index (χ4n) is 8.74. The highest BCUT2D eigenvalue weighted by Gasteiger charge is 2.46. The Morgan fingerprint density at radius 1 is 0.560 bits per heavy atom. The molecule has 6 heterocycles. The Kier molecular flexibility index (Phi) is 7.65. The third kappa shape index (κ3) is 5.35. The summed E-state index contributed by atoms with van der Waals surface area (Å²) in [5.41, 5.74) is 5.59. The first kappa shape index (κ1) is 32.1. The molecule has 6 atom stereocenters. The molecule has 0 amide bonds. The predicted octanol–water partition coefficient (Wildman–Crippen LogP) is 6.12. The van der Waals surface area contributed by atoms with E-state index in [2.05, 4.69) is 42.6 Å². The first-order valence-corrected chi connectivity index (χ1v) is 21.4. The summed E-state index contributed by atoms with van der Waals surface area (Å²) in [4.78, 5) is 24.5. The molecule has 14 heteroatoms. The lowest BCUT2D eigenvalue weighted by molar-refractivity contribution is 0.319. The fraction of sp³-hybridized carbons (Fsp3) is 0.556. The number of nitrogens with zero attached hydrogens (tertiary/aromatic N) is 6. The van der Waals surface area contributed by atoms with Crippen molar-refractivity contribution in [3.8, 4) is 0 Å². The van der Waals surface area contributed by atoms with Gasteiger partial charge in [0.25, 0.3) is 0 Å². The lowest BCUT2D eigenvalue weighted by atomic mass is 9.79. The summed E-state index contributed by atoms with van der Waals surface area (Å²) in [5.74, 6) is 3.14. The predicted molar refractivity (Wildman–Crippen MR) is 193 cm³/mol. The van der Waals surface area contributed by atoms with Crippen LogP contribution in [0, 0.1) is 11.8 Å². The van der Waals surface area contributed by atoms with Gasteiger partial charge in [-0.2, -0.15) is 0 Å². The van der Waals surface area contributed by atoms with E-state index in [0.29, 0.717) is 24.7 Å². The van der Waals surface area contributed by atoms with Crippen LogP contribution in [0.2, 0.25) is 0 Å². The molecule has 4 saturated carbocycles. The average molecular weight is 717 g/mol. The van der Waals surface area contributed by atoms with E-state index in [-0.39, 0.29) is 32.8 Å². The standard InChI is InChI=1S/2C18H22N4O2S/c2*1-11-2-3-14(25(23,24)13-4-5-13)8-15(11)18-21-10-12-9-20-17-16(22(12)18)6-7-19-17/h2*6-7,9-11,13-15,19H,2-5,8H2,1H3/t2*11-,14?,15+/m10/s1. The average Bonchev–Trinajstić information content (AvgIpc) is 3.94. The van der Waals surface area contributed by atoms with Gasteiger partial charge in [-0.05, 0) is 88.2 Å². The first-order valence-electron chi connectivity index (χ1n) is 18.2. The van der Waals surface area contributed by atoms with Gasteiger partial charge in [0.2, 0.25) is 0 Å². The zero-order valence-corrected chi connectivity index (χ0v) is 30.1. The number of aromatic amines is 2. The second-order valence-electron chi connectivity index (χ2n) is 15.3. The lowest BCUT2D eigenvalue weighted by Gasteiger charge is -2.33. The van der Waals surface area contributed by atoms with Gasteiger partial charge in [-0.1, -0.05) is 13.8 Å². The van der Waals surface area contributed by atoms with Gasteiger partial charge in [0.15, 0.2) is 31.0 Å². The van der Waals surface area contributed by atoms with Crippen LogP contribution in [0.5, 0.6) is 0 Å². The summed E-state index contributed by atoms with van der Waals surface area (Å²) in [7, 11) is -5.95. The van der Waals surface area contributed by atoms with Crippen LogP contribution in [0.25, 0.3) is 33.4 Å². The Labute approximate surface area is 291 Å². The topological polar surface area (TPSA) is 160 Å². The maximum absolute atomic E-state index is 12.8. The highest BCUT2D eigenvalue weighted by molar-refractivity contribution is 7.93. The van der Waals surface area contributed by atoms with Crippen LogP contribution in [-0.2, 0) is 19.7 Å². The molecule has 0 bridgehead atoms. The largest absolute Gasteiger partial charge is 0.345 e. The van der Waals surface area contributed by atoms with Gasteiger partial charge >= 0.3 is 0 Å². The Bertz CT molecular complexity index is 2270. The lowest BCUT2D eigenvalue weighted by Crippen LogP contribution is -2.33. The maximum Gasteiger partial charge on any atom is 0.156 e. The van der Waals surface area contributed by atoms with Crippen LogP contribution in [0.3, 0.4) is 0 Å². The molecule has 10 rings (SSSR count). The van der Waals surface area contributed by atoms with E-state index in [1.165, 1.54) is 0 Å². The summed E-state index contributed by atoms with van der Waals surface area (Å²) >= 11 is 0. The highest BCUT2D eigenvalue weighted by Crippen LogP contribution is 2.45. The second-order valence-corrected chi connectivity index (χ2v) is 20.3. The number of H-pyrrole nitrogens is 2. The van der Waals surface area contributed by atoms with Crippen molar-refractivity contribution >= 4 is 53.0 Å². The number of hydrogen-bond acceptors (Lipinski definition) is 8. The van der Waals surface area contributed by atoms with Gasteiger partial charge < -0.3 is 9.97 Å². The molecule has 0 aliphatic heterocycles. The summed E-state index contributed by atoms with van der Waals surface area (Å²) in [6.07, 6.45) is 19.3. The molecular weight excluding hydrogens is 673 g/mol. The maximum atomic E-state index is 12.8. The van der Waals surface area contributed by atoms with Crippen LogP contribution in [0.4, 0.5) is 0 Å². The van der Waals surface area contributed by atoms with Crippen molar-refractivity contribution < 1.29 is 16.8 Å². The van der Waals surface area contributed by atoms with E-state index in [0.717, 1.165) is 96.4 Å². The van der Waals surface area contributed by atoms with Gasteiger partial charge in [0.05, 0.1) is 67.9 Å². The Morgan fingerprint density at radius 2 is 0.940 bits per heavy atom. The van der Waals surface area contributed by atoms with E-state index < -0.39 is 19.7 Å². The smallest absolute Gasteiger partial charge is 0.156 e. The molecule has 0 saturated heterocycles. The minimum atomic E-state index is -2.98. The van der Waals surface area contributed by atoms with Crippen molar-refractivity contribution in [1.29, 1.82) is 0 Å². The number of sulfone groups is 2. The molecule has 6 aromatic heterocycles. The van der Waals surface area contributed by atoms with E-state index in [1.807, 2.05) is 49.3 Å². The SMILES string of the molecule is C[C@@H]1CCC(S(=O)(=O)C2CC2)C[C@@H]1c1ncc2cnc3[nH]ccc3n12.C[C@H]1CCC(S(=O)(=O)C2CC2)C[C@H]1c1ncc2cnc3[nH]ccc3n12. The first-order chi connectivity index (χ1) is 24.1. The molecule has 6 aromatic rings. The van der Waals surface area contributed by atoms with E-state index >= 15 is 0 Å². The van der Waals surface area contributed by atoms with Crippen molar-refractivity contribution in [1.82, 2.24) is 38.7 Å². The highest BCUT2D eigenvalue weighted by atomic mass is 32.2. The molecule has 4 fully saturated rings. The molecular formula is C36H44N8O4S2. The van der Waals surface area contributed by atoms with Gasteiger partial charge in [0.1, 0.15) is 11.6 Å². The number of imidazole rings is 2. The number of aromatic nitrogens is 8. The van der Waals surface area contributed by atoms with E-state index in [1.54, 1.807) is 0 Å². The summed E-state index contributed by atoms with van der Waals surface area (Å²) in [5, 5.41) is -0.581. The minimum Gasteiger partial charge on any atom is -0.345 e. The van der Waals surface area contributed by atoms with Crippen LogP contribution in [0.15, 0.2) is 49.3 Å². The molecule has 0 radical (unpaired) electrons. The Hall–Kier alpha value is -3.78. The van der Waals surface area contributed by atoms with E-state index in [9.17, 15) is 16.8 Å². The van der Waals surface area contributed by atoms with Crippen molar-refractivity contribution in [2.45, 2.75) is 111 Å². The summed E-state index contributed by atoms with van der Waals surface area (Å²) < 4.78 is 55.3. The zero-order chi connectivity index (χ0) is 34.4. The number of hydrogen-bond donors (Lipinski definition) is 2. The number of rotatable bonds is 6. The second kappa shape index (κ2) is 11.9. The summed E-state index contributed by atoms with van der Waals surface area (Å²) in [6, 6.07) is 4.01. The van der Waals surface area contributed by atoms with Crippen LogP contribution < -0.4 is 0 Å². The monoisotopic (exact) mass is 716 g/mol. The number of fused-ring (bicyclic) bond motifs is 6. The molecule has 0 aromatic carbocycles. The molecule has 2 N–H and O–H groups in total. The van der Waals surface area contributed by atoms with Gasteiger partial charge in [-0.3, -0.25) is 8.80 Å². The zero-order valence-electron chi connectivity index (χ0n) is 28.4. The molecule has 12 nitrogen and oxygen atoms in total. The van der Waals surface area contributed by atoms with Crippen LogP contribution >= 0.6 is 0 Å². The Balaban J connectivity index is 0.000000135. The summed E-state index contributed by atoms with van der Waals surface area (Å²) in [6.45, 7) is 4.45. The number of nitrogens with one attached hydrogen (secondary N) is 2. The van der Waals surface area contributed by atoms with Crippen molar-refractivity contribution in [3.05, 3.63) is 61.0 Å². The Morgan fingerprint density at radius 3 is 1.34 bits per heavy atom. The molecule has 264 valence electrons. The minimum absolute atomic E-state index is 0.0795. The molecule has 50 heavy (non-hydrogen) atoms. The van der Waals surface area contributed by atoms with Crippen molar-refractivity contribution in [3.63, 3.8) is 0 Å². The molecule has 0 spiro atoms. The fourth-order valence-corrected chi connectivity index (χ4v) is 13.3. The van der Waals surface area contributed by atoms with Crippen LogP contribution in [-0.4, -0.2) is 76.5 Å².